The number of aromatic nitrogens is 2. The van der Waals surface area contributed by atoms with E-state index >= 15 is 0 Å². The summed E-state index contributed by atoms with van der Waals surface area (Å²) in [7, 11) is 0. The predicted molar refractivity (Wildman–Crippen MR) is 110 cm³/mol. The highest BCUT2D eigenvalue weighted by atomic mass is 19.4. The van der Waals surface area contributed by atoms with Gasteiger partial charge in [0.1, 0.15) is 5.82 Å². The summed E-state index contributed by atoms with van der Waals surface area (Å²) in [5.41, 5.74) is 0.723. The van der Waals surface area contributed by atoms with Gasteiger partial charge in [0.05, 0.1) is 5.56 Å². The molecule has 4 aromatic rings. The zero-order valence-corrected chi connectivity index (χ0v) is 17.3. The molecule has 34 heavy (non-hydrogen) atoms. The standard InChI is InChI=1S/C23H15F6N3O2/c1-11-2-4-13(21-31-22(34-32-21)14-7-17(25)20(33)18(26)8-14)9-19(11)30-10-12-3-5-15(16(24)6-12)23(27,28)29/h2-9,30,33H,10H2,1H3. The number of phenols is 1. The lowest BCUT2D eigenvalue weighted by atomic mass is 10.1. The number of nitrogens with one attached hydrogen (secondary N) is 1. The van der Waals surface area contributed by atoms with E-state index in [2.05, 4.69) is 15.5 Å². The molecule has 0 unspecified atom stereocenters. The maximum absolute atomic E-state index is 13.8. The van der Waals surface area contributed by atoms with Crippen LogP contribution in [0.15, 0.2) is 53.1 Å². The van der Waals surface area contributed by atoms with Crippen LogP contribution < -0.4 is 5.32 Å². The van der Waals surface area contributed by atoms with Crippen LogP contribution in [0.1, 0.15) is 16.7 Å². The maximum Gasteiger partial charge on any atom is 0.419 e. The molecule has 0 aliphatic carbocycles. The molecule has 3 aromatic carbocycles. The van der Waals surface area contributed by atoms with E-state index in [9.17, 15) is 31.4 Å². The van der Waals surface area contributed by atoms with Gasteiger partial charge < -0.3 is 14.9 Å². The van der Waals surface area contributed by atoms with Crippen molar-refractivity contribution in [2.24, 2.45) is 0 Å². The van der Waals surface area contributed by atoms with Crippen LogP contribution in [-0.4, -0.2) is 15.2 Å². The number of rotatable bonds is 5. The van der Waals surface area contributed by atoms with E-state index in [4.69, 9.17) is 4.52 Å². The topological polar surface area (TPSA) is 71.2 Å². The molecule has 0 atom stereocenters. The molecule has 0 radical (unpaired) electrons. The van der Waals surface area contributed by atoms with Gasteiger partial charge in [-0.25, -0.2) is 13.2 Å². The number of benzene rings is 3. The lowest BCUT2D eigenvalue weighted by molar-refractivity contribution is -0.140. The van der Waals surface area contributed by atoms with E-state index in [1.54, 1.807) is 25.1 Å². The van der Waals surface area contributed by atoms with Crippen LogP contribution in [0.25, 0.3) is 22.8 Å². The third-order valence-electron chi connectivity index (χ3n) is 5.01. The average molecular weight is 479 g/mol. The first-order chi connectivity index (χ1) is 16.0. The number of nitrogens with zero attached hydrogens (tertiary/aromatic N) is 2. The number of phenolic OH excluding ortho intramolecular Hbond substituents is 1. The Morgan fingerprint density at radius 2 is 1.62 bits per heavy atom. The number of anilines is 1. The highest BCUT2D eigenvalue weighted by molar-refractivity contribution is 5.67. The molecule has 0 saturated carbocycles. The summed E-state index contributed by atoms with van der Waals surface area (Å²) >= 11 is 0. The second-order valence-corrected chi connectivity index (χ2v) is 7.41. The Balaban J connectivity index is 1.55. The fourth-order valence-electron chi connectivity index (χ4n) is 3.19. The molecule has 2 N–H and O–H groups in total. The first-order valence-electron chi connectivity index (χ1n) is 9.75. The molecule has 11 heteroatoms. The zero-order chi connectivity index (χ0) is 24.6. The van der Waals surface area contributed by atoms with E-state index in [1.165, 1.54) is 6.07 Å². The highest BCUT2D eigenvalue weighted by Crippen LogP contribution is 2.32. The Labute approximate surface area is 188 Å². The quantitative estimate of drug-likeness (QED) is 0.321. The van der Waals surface area contributed by atoms with Gasteiger partial charge in [-0.2, -0.15) is 18.2 Å². The van der Waals surface area contributed by atoms with E-state index in [0.29, 0.717) is 22.9 Å². The second kappa shape index (κ2) is 8.73. The van der Waals surface area contributed by atoms with E-state index in [1.807, 2.05) is 0 Å². The van der Waals surface area contributed by atoms with E-state index in [-0.39, 0.29) is 23.8 Å². The SMILES string of the molecule is Cc1ccc(-c2noc(-c3cc(F)c(O)c(F)c3)n2)cc1NCc1ccc(C(F)(F)F)c(F)c1. The van der Waals surface area contributed by atoms with Crippen LogP contribution >= 0.6 is 0 Å². The zero-order valence-electron chi connectivity index (χ0n) is 17.3. The highest BCUT2D eigenvalue weighted by Gasteiger charge is 2.33. The lowest BCUT2D eigenvalue weighted by Crippen LogP contribution is -2.09. The van der Waals surface area contributed by atoms with Gasteiger partial charge in [-0.3, -0.25) is 0 Å². The molecule has 176 valence electrons. The molecule has 0 aliphatic rings. The Kier molecular flexibility index (Phi) is 5.94. The third-order valence-corrected chi connectivity index (χ3v) is 5.01. The molecule has 0 bridgehead atoms. The Morgan fingerprint density at radius 3 is 2.26 bits per heavy atom. The fraction of sp³-hybridized carbons (Fsp3) is 0.130. The van der Waals surface area contributed by atoms with E-state index < -0.39 is 34.9 Å². The minimum absolute atomic E-state index is 0.0446. The Bertz CT molecular complexity index is 1340. The van der Waals surface area contributed by atoms with Crippen molar-refractivity contribution in [1.29, 1.82) is 0 Å². The monoisotopic (exact) mass is 479 g/mol. The molecule has 4 rings (SSSR count). The molecular weight excluding hydrogens is 464 g/mol. The van der Waals surface area contributed by atoms with Crippen molar-refractivity contribution in [3.05, 3.63) is 82.7 Å². The summed E-state index contributed by atoms with van der Waals surface area (Å²) in [5, 5.41) is 16.0. The number of aromatic hydroxyl groups is 1. The molecule has 1 aromatic heterocycles. The van der Waals surface area contributed by atoms with Crippen LogP contribution in [0.4, 0.5) is 32.0 Å². The van der Waals surface area contributed by atoms with Gasteiger partial charge in [-0.15, -0.1) is 0 Å². The Hall–Kier alpha value is -4.02. The fourth-order valence-corrected chi connectivity index (χ4v) is 3.19. The van der Waals surface area contributed by atoms with Gasteiger partial charge in [0, 0.05) is 23.4 Å². The van der Waals surface area contributed by atoms with E-state index in [0.717, 1.165) is 23.8 Å². The number of aryl methyl sites for hydroxylation is 1. The first-order valence-corrected chi connectivity index (χ1v) is 9.75. The van der Waals surface area contributed by atoms with Crippen molar-refractivity contribution in [3.8, 4) is 28.6 Å². The van der Waals surface area contributed by atoms with Crippen molar-refractivity contribution in [2.75, 3.05) is 5.32 Å². The van der Waals surface area contributed by atoms with Gasteiger partial charge >= 0.3 is 6.18 Å². The summed E-state index contributed by atoms with van der Waals surface area (Å²) in [4.78, 5) is 4.12. The maximum atomic E-state index is 13.8. The van der Waals surface area contributed by atoms with Gasteiger partial charge in [0.25, 0.3) is 5.89 Å². The smallest absolute Gasteiger partial charge is 0.419 e. The third kappa shape index (κ3) is 4.68. The van der Waals surface area contributed by atoms with Crippen LogP contribution in [0, 0.1) is 24.4 Å². The van der Waals surface area contributed by atoms with Crippen molar-refractivity contribution in [1.82, 2.24) is 10.1 Å². The second-order valence-electron chi connectivity index (χ2n) is 7.41. The summed E-state index contributed by atoms with van der Waals surface area (Å²) in [6.45, 7) is 1.83. The largest absolute Gasteiger partial charge is 0.503 e. The minimum Gasteiger partial charge on any atom is -0.503 e. The van der Waals surface area contributed by atoms with Gasteiger partial charge in [-0.1, -0.05) is 23.4 Å². The summed E-state index contributed by atoms with van der Waals surface area (Å²) < 4.78 is 84.3. The van der Waals surface area contributed by atoms with Crippen molar-refractivity contribution >= 4 is 5.69 Å². The van der Waals surface area contributed by atoms with Gasteiger partial charge in [0.15, 0.2) is 17.4 Å². The van der Waals surface area contributed by atoms with Gasteiger partial charge in [-0.05, 0) is 48.4 Å². The number of hydrogen-bond acceptors (Lipinski definition) is 5. The molecule has 5 nitrogen and oxygen atoms in total. The van der Waals surface area contributed by atoms with Crippen LogP contribution in [0.5, 0.6) is 5.75 Å². The summed E-state index contributed by atoms with van der Waals surface area (Å²) in [5.74, 6) is -4.92. The molecule has 0 spiro atoms. The molecule has 1 heterocycles. The van der Waals surface area contributed by atoms with Crippen molar-refractivity contribution in [3.63, 3.8) is 0 Å². The van der Waals surface area contributed by atoms with Crippen LogP contribution in [0.3, 0.4) is 0 Å². The molecular formula is C23H15F6N3O2. The van der Waals surface area contributed by atoms with Crippen LogP contribution in [-0.2, 0) is 12.7 Å². The first kappa shape index (κ1) is 23.1. The molecule has 0 fully saturated rings. The summed E-state index contributed by atoms with van der Waals surface area (Å²) in [6, 6.07) is 9.41. The molecule has 0 amide bonds. The number of hydrogen-bond donors (Lipinski definition) is 2. The minimum atomic E-state index is -4.78. The number of halogens is 6. The summed E-state index contributed by atoms with van der Waals surface area (Å²) in [6.07, 6.45) is -4.78. The van der Waals surface area contributed by atoms with Crippen molar-refractivity contribution in [2.45, 2.75) is 19.6 Å². The lowest BCUT2D eigenvalue weighted by Gasteiger charge is -2.12. The van der Waals surface area contributed by atoms with Crippen LogP contribution in [0.2, 0.25) is 0 Å². The number of alkyl halides is 3. The average Bonchev–Trinajstić information content (AvgIpc) is 3.26. The normalized spacial score (nSPS) is 11.6. The Morgan fingerprint density at radius 1 is 0.912 bits per heavy atom. The molecule has 0 aliphatic heterocycles. The van der Waals surface area contributed by atoms with Gasteiger partial charge in [0.2, 0.25) is 5.82 Å². The predicted octanol–water partition coefficient (Wildman–Crippen LogP) is 6.47. The van der Waals surface area contributed by atoms with Crippen molar-refractivity contribution < 1.29 is 36.0 Å². The molecule has 0 saturated heterocycles.